The van der Waals surface area contributed by atoms with E-state index >= 15 is 0 Å². The number of unbranched alkanes of at least 4 members (excludes halogenated alkanes) is 1. The van der Waals surface area contributed by atoms with Crippen molar-refractivity contribution in [2.75, 3.05) is 46.1 Å². The number of nitrogens with zero attached hydrogens (tertiary/aromatic N) is 1. The Morgan fingerprint density at radius 1 is 0.960 bits per heavy atom. The molecule has 0 spiro atoms. The van der Waals surface area contributed by atoms with Gasteiger partial charge in [0.15, 0.2) is 5.96 Å². The average Bonchev–Trinajstić information content (AvgIpc) is 3.05. The maximum Gasteiger partial charge on any atom is 0.191 e. The second kappa shape index (κ2) is 16.1. The molecule has 6 heteroatoms. The Bertz CT molecular complexity index is 335. The second-order valence-corrected chi connectivity index (χ2v) is 6.68. The van der Waals surface area contributed by atoms with Gasteiger partial charge in [-0.1, -0.05) is 12.8 Å². The normalized spacial score (nSPS) is 16.5. The van der Waals surface area contributed by atoms with E-state index in [4.69, 9.17) is 14.5 Å². The summed E-state index contributed by atoms with van der Waals surface area (Å²) in [5.74, 6) is 0.955. The molecule has 150 valence electrons. The van der Waals surface area contributed by atoms with Gasteiger partial charge in [0.2, 0.25) is 0 Å². The van der Waals surface area contributed by atoms with Crippen LogP contribution in [0.25, 0.3) is 0 Å². The minimum Gasteiger partial charge on any atom is -0.382 e. The van der Waals surface area contributed by atoms with Crippen molar-refractivity contribution in [3.63, 3.8) is 0 Å². The third kappa shape index (κ3) is 11.3. The van der Waals surface area contributed by atoms with Gasteiger partial charge in [-0.3, -0.25) is 4.99 Å². The van der Waals surface area contributed by atoms with Crippen molar-refractivity contribution in [1.82, 2.24) is 10.6 Å². The highest BCUT2D eigenvalue weighted by Gasteiger charge is 2.33. The summed E-state index contributed by atoms with van der Waals surface area (Å²) in [5, 5.41) is 6.83. The van der Waals surface area contributed by atoms with E-state index in [1.807, 2.05) is 6.92 Å². The van der Waals surface area contributed by atoms with Crippen molar-refractivity contribution < 1.29 is 9.47 Å². The highest BCUT2D eigenvalue weighted by atomic mass is 127. The molecule has 0 unspecified atom stereocenters. The standard InChI is InChI=1S/C19H39N3O2.HI/c1-4-20-18(21-14-9-10-15-23-5-2)22-17-19(11-7-8-12-19)13-16-24-6-3;/h4-17H2,1-3H3,(H2,20,21,22);1H. The Kier molecular flexibility index (Phi) is 16.1. The van der Waals surface area contributed by atoms with Gasteiger partial charge in [-0.2, -0.15) is 0 Å². The summed E-state index contributed by atoms with van der Waals surface area (Å²) >= 11 is 0. The lowest BCUT2D eigenvalue weighted by Crippen LogP contribution is -2.39. The fourth-order valence-corrected chi connectivity index (χ4v) is 3.31. The van der Waals surface area contributed by atoms with E-state index in [0.717, 1.165) is 71.3 Å². The monoisotopic (exact) mass is 469 g/mol. The molecule has 0 bridgehead atoms. The van der Waals surface area contributed by atoms with Crippen LogP contribution in [0, 0.1) is 5.41 Å². The maximum absolute atomic E-state index is 5.59. The van der Waals surface area contributed by atoms with Gasteiger partial charge in [-0.05, 0) is 58.3 Å². The van der Waals surface area contributed by atoms with E-state index in [1.165, 1.54) is 25.7 Å². The molecule has 5 nitrogen and oxygen atoms in total. The third-order valence-electron chi connectivity index (χ3n) is 4.77. The fraction of sp³-hybridized carbons (Fsp3) is 0.947. The van der Waals surface area contributed by atoms with Crippen LogP contribution in [0.5, 0.6) is 0 Å². The van der Waals surface area contributed by atoms with Gasteiger partial charge < -0.3 is 20.1 Å². The minimum absolute atomic E-state index is 0. The van der Waals surface area contributed by atoms with Crippen molar-refractivity contribution in [3.05, 3.63) is 0 Å². The van der Waals surface area contributed by atoms with Crippen LogP contribution in [-0.2, 0) is 9.47 Å². The van der Waals surface area contributed by atoms with E-state index in [9.17, 15) is 0 Å². The van der Waals surface area contributed by atoms with Crippen LogP contribution in [0.2, 0.25) is 0 Å². The highest BCUT2D eigenvalue weighted by molar-refractivity contribution is 14.0. The van der Waals surface area contributed by atoms with E-state index in [2.05, 4.69) is 24.5 Å². The predicted molar refractivity (Wildman–Crippen MR) is 117 cm³/mol. The smallest absolute Gasteiger partial charge is 0.191 e. The number of guanidine groups is 1. The van der Waals surface area contributed by atoms with E-state index in [1.54, 1.807) is 0 Å². The molecular weight excluding hydrogens is 429 g/mol. The predicted octanol–water partition coefficient (Wildman–Crippen LogP) is 3.96. The number of nitrogens with one attached hydrogen (secondary N) is 2. The number of hydrogen-bond donors (Lipinski definition) is 2. The molecule has 0 amide bonds. The minimum atomic E-state index is 0. The Morgan fingerprint density at radius 2 is 1.64 bits per heavy atom. The SMILES string of the molecule is CCNC(=NCC1(CCOCC)CCCC1)NCCCCOCC.I. The summed E-state index contributed by atoms with van der Waals surface area (Å²) in [6.07, 6.45) is 8.59. The summed E-state index contributed by atoms with van der Waals surface area (Å²) in [7, 11) is 0. The van der Waals surface area contributed by atoms with Crippen molar-refractivity contribution in [1.29, 1.82) is 0 Å². The molecule has 1 fully saturated rings. The van der Waals surface area contributed by atoms with Crippen molar-refractivity contribution in [2.24, 2.45) is 10.4 Å². The first-order valence-electron chi connectivity index (χ1n) is 9.94. The first-order valence-corrected chi connectivity index (χ1v) is 9.94. The zero-order valence-corrected chi connectivity index (χ0v) is 18.9. The lowest BCUT2D eigenvalue weighted by molar-refractivity contribution is 0.107. The van der Waals surface area contributed by atoms with Crippen LogP contribution in [0.4, 0.5) is 0 Å². The van der Waals surface area contributed by atoms with Gasteiger partial charge in [0.05, 0.1) is 0 Å². The van der Waals surface area contributed by atoms with Crippen LogP contribution in [-0.4, -0.2) is 52.0 Å². The summed E-state index contributed by atoms with van der Waals surface area (Å²) in [5.41, 5.74) is 0.354. The van der Waals surface area contributed by atoms with Crippen LogP contribution < -0.4 is 10.6 Å². The molecule has 0 aromatic rings. The molecule has 1 rings (SSSR count). The van der Waals surface area contributed by atoms with Gasteiger partial charge >= 0.3 is 0 Å². The number of halogens is 1. The molecule has 0 saturated heterocycles. The second-order valence-electron chi connectivity index (χ2n) is 6.68. The van der Waals surface area contributed by atoms with Crippen molar-refractivity contribution >= 4 is 29.9 Å². The first-order chi connectivity index (χ1) is 11.8. The average molecular weight is 469 g/mol. The van der Waals surface area contributed by atoms with E-state index in [-0.39, 0.29) is 24.0 Å². The third-order valence-corrected chi connectivity index (χ3v) is 4.77. The highest BCUT2D eigenvalue weighted by Crippen LogP contribution is 2.41. The molecule has 0 aliphatic heterocycles. The largest absolute Gasteiger partial charge is 0.382 e. The molecular formula is C19H40IN3O2. The molecule has 1 aliphatic rings. The summed E-state index contributed by atoms with van der Waals surface area (Å²) in [6, 6.07) is 0. The van der Waals surface area contributed by atoms with Gasteiger partial charge in [-0.25, -0.2) is 0 Å². The van der Waals surface area contributed by atoms with Crippen molar-refractivity contribution in [2.45, 2.75) is 65.7 Å². The maximum atomic E-state index is 5.59. The fourth-order valence-electron chi connectivity index (χ4n) is 3.31. The molecule has 0 radical (unpaired) electrons. The van der Waals surface area contributed by atoms with Gasteiger partial charge in [0.1, 0.15) is 0 Å². The van der Waals surface area contributed by atoms with Crippen LogP contribution in [0.1, 0.15) is 65.7 Å². The molecule has 2 N–H and O–H groups in total. The number of rotatable bonds is 13. The van der Waals surface area contributed by atoms with Crippen LogP contribution in [0.3, 0.4) is 0 Å². The number of aliphatic imine (C=N–C) groups is 1. The van der Waals surface area contributed by atoms with E-state index < -0.39 is 0 Å². The molecule has 0 atom stereocenters. The summed E-state index contributed by atoms with van der Waals surface area (Å²) in [4.78, 5) is 4.89. The summed E-state index contributed by atoms with van der Waals surface area (Å²) < 4.78 is 11.0. The Hall–Kier alpha value is -0.0800. The first kappa shape index (κ1) is 24.9. The molecule has 0 aromatic heterocycles. The lowest BCUT2D eigenvalue weighted by Gasteiger charge is -2.27. The Morgan fingerprint density at radius 3 is 2.28 bits per heavy atom. The number of ether oxygens (including phenoxy) is 2. The molecule has 1 saturated carbocycles. The van der Waals surface area contributed by atoms with Gasteiger partial charge in [-0.15, -0.1) is 24.0 Å². The topological polar surface area (TPSA) is 54.9 Å². The van der Waals surface area contributed by atoms with Gasteiger partial charge in [0, 0.05) is 46.1 Å². The molecule has 1 aliphatic carbocycles. The zero-order chi connectivity index (χ0) is 17.5. The lowest BCUT2D eigenvalue weighted by atomic mass is 9.83. The van der Waals surface area contributed by atoms with Crippen molar-refractivity contribution in [3.8, 4) is 0 Å². The molecule has 25 heavy (non-hydrogen) atoms. The van der Waals surface area contributed by atoms with Gasteiger partial charge in [0.25, 0.3) is 0 Å². The van der Waals surface area contributed by atoms with Crippen LogP contribution in [0.15, 0.2) is 4.99 Å². The van der Waals surface area contributed by atoms with E-state index in [0.29, 0.717) is 5.41 Å². The molecule has 0 aromatic carbocycles. The van der Waals surface area contributed by atoms with Crippen LogP contribution >= 0.6 is 24.0 Å². The molecule has 0 heterocycles. The quantitative estimate of drug-likeness (QED) is 0.186. The Labute approximate surface area is 172 Å². The zero-order valence-electron chi connectivity index (χ0n) is 16.6. The summed E-state index contributed by atoms with van der Waals surface area (Å²) in [6.45, 7) is 12.3. The Balaban J connectivity index is 0.00000576. The number of hydrogen-bond acceptors (Lipinski definition) is 3.